The Hall–Kier alpha value is -3.72. The summed E-state index contributed by atoms with van der Waals surface area (Å²) in [6.45, 7) is 9.93. The number of pyridine rings is 1. The number of methoxy groups -OCH3 is 1. The van der Waals surface area contributed by atoms with Crippen LogP contribution in [0.5, 0.6) is 0 Å². The van der Waals surface area contributed by atoms with E-state index >= 15 is 0 Å². The molecule has 0 saturated carbocycles. The second kappa shape index (κ2) is 9.83. The highest BCUT2D eigenvalue weighted by atomic mass is 16.5. The van der Waals surface area contributed by atoms with Gasteiger partial charge >= 0.3 is 5.69 Å². The van der Waals surface area contributed by atoms with Crippen molar-refractivity contribution in [3.63, 3.8) is 0 Å². The number of hydrogen-bond acceptors (Lipinski definition) is 6. The Morgan fingerprint density at radius 3 is 2.64 bits per heavy atom. The molecule has 0 saturated heterocycles. The van der Waals surface area contributed by atoms with Crippen molar-refractivity contribution >= 4 is 23.3 Å². The lowest BCUT2D eigenvalue weighted by atomic mass is 10.1. The van der Waals surface area contributed by atoms with Gasteiger partial charge in [-0.3, -0.25) is 23.8 Å². The van der Waals surface area contributed by atoms with Crippen LogP contribution in [-0.4, -0.2) is 50.3 Å². The van der Waals surface area contributed by atoms with E-state index in [4.69, 9.17) is 4.74 Å². The minimum Gasteiger partial charge on any atom is -0.496 e. The van der Waals surface area contributed by atoms with Crippen LogP contribution in [0.1, 0.15) is 23.9 Å². The fourth-order valence-electron chi connectivity index (χ4n) is 3.77. The summed E-state index contributed by atoms with van der Waals surface area (Å²) >= 11 is 0. The van der Waals surface area contributed by atoms with Crippen LogP contribution in [0.3, 0.4) is 0 Å². The van der Waals surface area contributed by atoms with E-state index in [9.17, 15) is 4.79 Å². The number of likely N-dealkylation sites (N-methyl/N-ethyl adjacent to an activating group) is 1. The highest BCUT2D eigenvalue weighted by Crippen LogP contribution is 2.26. The lowest BCUT2D eigenvalue weighted by molar-refractivity contribution is 0.301. The maximum absolute atomic E-state index is 13.1. The first-order chi connectivity index (χ1) is 15.7. The number of fused-ring (bicyclic) bond motifs is 1. The minimum absolute atomic E-state index is 0.154. The molecule has 174 valence electrons. The van der Waals surface area contributed by atoms with E-state index < -0.39 is 0 Å². The number of nitrogens with one attached hydrogen (secondary N) is 1. The zero-order valence-corrected chi connectivity index (χ0v) is 20.2. The molecule has 0 aliphatic carbocycles. The van der Waals surface area contributed by atoms with Gasteiger partial charge in [-0.15, -0.1) is 0 Å². The number of nitrogens with zero attached hydrogens (tertiary/aromatic N) is 6. The molecule has 1 N–H and O–H groups in total. The summed E-state index contributed by atoms with van der Waals surface area (Å²) in [5.41, 5.74) is 5.11. The maximum Gasteiger partial charge on any atom is 0.333 e. The molecule has 9 heteroatoms. The molecule has 0 amide bonds. The van der Waals surface area contributed by atoms with Crippen molar-refractivity contribution in [2.75, 3.05) is 14.2 Å². The molecule has 0 radical (unpaired) electrons. The topological polar surface area (TPSA) is 91.3 Å². The number of hydrogen-bond donors (Lipinski definition) is 1. The smallest absolute Gasteiger partial charge is 0.333 e. The number of ether oxygens (including phenoxy) is 1. The van der Waals surface area contributed by atoms with Gasteiger partial charge in [0.15, 0.2) is 0 Å². The summed E-state index contributed by atoms with van der Waals surface area (Å²) in [4.78, 5) is 22.0. The third-order valence-electron chi connectivity index (χ3n) is 5.56. The Labute approximate surface area is 193 Å². The summed E-state index contributed by atoms with van der Waals surface area (Å²) in [5, 5.41) is 7.58. The molecule has 0 aromatic carbocycles. The average molecular weight is 450 g/mol. The fraction of sp³-hybridized carbons (Fsp3) is 0.333. The third kappa shape index (κ3) is 4.45. The van der Waals surface area contributed by atoms with Crippen LogP contribution >= 0.6 is 0 Å². The van der Waals surface area contributed by atoms with E-state index in [1.165, 1.54) is 0 Å². The summed E-state index contributed by atoms with van der Waals surface area (Å²) in [7, 11) is 7.01. The molecule has 33 heavy (non-hydrogen) atoms. The van der Waals surface area contributed by atoms with Crippen molar-refractivity contribution in [3.8, 4) is 5.69 Å². The number of aromatic nitrogens is 5. The molecule has 0 spiro atoms. The number of imidazole rings is 1. The average Bonchev–Trinajstić information content (AvgIpc) is 3.25. The molecule has 1 unspecified atom stereocenters. The Morgan fingerprint density at radius 1 is 1.33 bits per heavy atom. The van der Waals surface area contributed by atoms with E-state index in [-0.39, 0.29) is 11.7 Å². The standard InChI is InChI=1S/C24H31N7O2/c1-9-10-26-12-19(25-5)15(2)22(33-8)11-18-16(3)23-20(13-27-18)30(7)24(32)31(23)21-14-29(6)28-17(21)4/h9-14,19,25H,2H2,1,3-8H3/b10-9+,22-11+,26-12-. The van der Waals surface area contributed by atoms with Crippen molar-refractivity contribution in [2.45, 2.75) is 26.8 Å². The predicted molar refractivity (Wildman–Crippen MR) is 133 cm³/mol. The molecule has 3 heterocycles. The Kier molecular flexibility index (Phi) is 7.13. The number of aryl methyl sites for hydroxylation is 4. The zero-order valence-electron chi connectivity index (χ0n) is 20.2. The molecule has 9 nitrogen and oxygen atoms in total. The van der Waals surface area contributed by atoms with Crippen LogP contribution in [0.15, 0.2) is 52.4 Å². The predicted octanol–water partition coefficient (Wildman–Crippen LogP) is 2.81. The molecule has 3 aromatic heterocycles. The largest absolute Gasteiger partial charge is 0.496 e. The SMILES string of the molecule is C=C(/C(=C\c1ncc2c(c1C)n(-c1cn(C)nc1C)c(=O)n2C)OC)C(/C=N\C=C\C)NC. The van der Waals surface area contributed by atoms with Crippen molar-refractivity contribution in [3.05, 3.63) is 70.0 Å². The second-order valence-corrected chi connectivity index (χ2v) is 7.74. The molecule has 3 rings (SSSR count). The lowest BCUT2D eigenvalue weighted by Gasteiger charge is -2.17. The molecule has 1 atom stereocenters. The molecule has 0 fully saturated rings. The van der Waals surface area contributed by atoms with Crippen LogP contribution in [0.25, 0.3) is 22.8 Å². The minimum atomic E-state index is -0.218. The normalized spacial score (nSPS) is 13.5. The van der Waals surface area contributed by atoms with Gasteiger partial charge in [0.1, 0.15) is 5.76 Å². The number of rotatable bonds is 8. The van der Waals surface area contributed by atoms with Gasteiger partial charge in [-0.25, -0.2) is 4.79 Å². The highest BCUT2D eigenvalue weighted by Gasteiger charge is 2.20. The maximum atomic E-state index is 13.1. The fourth-order valence-corrected chi connectivity index (χ4v) is 3.77. The van der Waals surface area contributed by atoms with Gasteiger partial charge in [-0.2, -0.15) is 5.10 Å². The Balaban J connectivity index is 2.18. The van der Waals surface area contributed by atoms with E-state index in [0.717, 1.165) is 28.0 Å². The van der Waals surface area contributed by atoms with Gasteiger partial charge in [0.25, 0.3) is 0 Å². The first-order valence-corrected chi connectivity index (χ1v) is 10.6. The van der Waals surface area contributed by atoms with Crippen LogP contribution in [-0.2, 0) is 18.8 Å². The van der Waals surface area contributed by atoms with E-state index in [1.54, 1.807) is 46.6 Å². The Morgan fingerprint density at radius 2 is 2.06 bits per heavy atom. The first kappa shape index (κ1) is 23.9. The molecular weight excluding hydrogens is 418 g/mol. The summed E-state index contributed by atoms with van der Waals surface area (Å²) in [5.74, 6) is 0.568. The van der Waals surface area contributed by atoms with Gasteiger partial charge < -0.3 is 10.1 Å². The summed E-state index contributed by atoms with van der Waals surface area (Å²) in [6.07, 6.45) is 10.7. The first-order valence-electron chi connectivity index (χ1n) is 10.6. The van der Waals surface area contributed by atoms with E-state index in [2.05, 4.69) is 27.0 Å². The zero-order chi connectivity index (χ0) is 24.3. The highest BCUT2D eigenvalue weighted by molar-refractivity contribution is 5.84. The van der Waals surface area contributed by atoms with Gasteiger partial charge in [0.05, 0.1) is 47.5 Å². The summed E-state index contributed by atoms with van der Waals surface area (Å²) < 4.78 is 10.6. The molecule has 0 aliphatic rings. The Bertz CT molecular complexity index is 1340. The molecular formula is C24H31N7O2. The van der Waals surface area contributed by atoms with Crippen molar-refractivity contribution in [1.29, 1.82) is 0 Å². The second-order valence-electron chi connectivity index (χ2n) is 7.74. The molecule has 0 aliphatic heterocycles. The third-order valence-corrected chi connectivity index (χ3v) is 5.56. The summed E-state index contributed by atoms with van der Waals surface area (Å²) in [6, 6.07) is -0.218. The number of aliphatic imine (C=N–C) groups is 1. The van der Waals surface area contributed by atoms with Crippen LogP contribution in [0.4, 0.5) is 0 Å². The van der Waals surface area contributed by atoms with Crippen molar-refractivity contribution < 1.29 is 4.74 Å². The van der Waals surface area contributed by atoms with Gasteiger partial charge in [-0.1, -0.05) is 12.7 Å². The van der Waals surface area contributed by atoms with Gasteiger partial charge in [0, 0.05) is 49.9 Å². The van der Waals surface area contributed by atoms with Gasteiger partial charge in [-0.05, 0) is 27.8 Å². The number of allylic oxidation sites excluding steroid dienone is 1. The van der Waals surface area contributed by atoms with Crippen LogP contribution < -0.4 is 11.0 Å². The molecule has 0 bridgehead atoms. The molecule has 3 aromatic rings. The van der Waals surface area contributed by atoms with Crippen LogP contribution in [0, 0.1) is 13.8 Å². The van der Waals surface area contributed by atoms with Crippen molar-refractivity contribution in [1.82, 2.24) is 29.2 Å². The van der Waals surface area contributed by atoms with Gasteiger partial charge in [0.2, 0.25) is 0 Å². The monoisotopic (exact) mass is 449 g/mol. The van der Waals surface area contributed by atoms with Crippen LogP contribution in [0.2, 0.25) is 0 Å². The quantitative estimate of drug-likeness (QED) is 0.324. The van der Waals surface area contributed by atoms with Crippen molar-refractivity contribution in [2.24, 2.45) is 19.1 Å². The van der Waals surface area contributed by atoms with E-state index in [1.807, 2.05) is 53.2 Å². The lowest BCUT2D eigenvalue weighted by Crippen LogP contribution is -2.29. The van der Waals surface area contributed by atoms with E-state index in [0.29, 0.717) is 17.0 Å².